The van der Waals surface area contributed by atoms with Crippen LogP contribution < -0.4 is 15.0 Å². The molecule has 0 saturated carbocycles. The van der Waals surface area contributed by atoms with Crippen molar-refractivity contribution in [3.05, 3.63) is 52.0 Å². The lowest BCUT2D eigenvalue weighted by Gasteiger charge is -2.31. The number of piperidine rings is 1. The zero-order chi connectivity index (χ0) is 21.1. The predicted molar refractivity (Wildman–Crippen MR) is 127 cm³/mol. The number of ether oxygens (including phenoxy) is 1. The molecule has 9 heteroatoms. The summed E-state index contributed by atoms with van der Waals surface area (Å²) in [6.45, 7) is 2.02. The Morgan fingerprint density at radius 1 is 1.19 bits per heavy atom. The molecule has 2 N–H and O–H groups in total. The van der Waals surface area contributed by atoms with Crippen LogP contribution in [-0.2, 0) is 6.54 Å². The fourth-order valence-corrected chi connectivity index (χ4v) is 4.25. The summed E-state index contributed by atoms with van der Waals surface area (Å²) in [5.74, 6) is 2.20. The second-order valence-electron chi connectivity index (χ2n) is 7.29. The van der Waals surface area contributed by atoms with Crippen molar-refractivity contribution in [2.45, 2.75) is 25.5 Å². The second-order valence-corrected chi connectivity index (χ2v) is 8.14. The van der Waals surface area contributed by atoms with Gasteiger partial charge in [0.05, 0.1) is 29.3 Å². The molecule has 7 nitrogen and oxygen atoms in total. The van der Waals surface area contributed by atoms with Gasteiger partial charge in [-0.25, -0.2) is 0 Å². The molecule has 0 spiro atoms. The van der Waals surface area contributed by atoms with E-state index >= 15 is 0 Å². The first-order valence-corrected chi connectivity index (χ1v) is 10.6. The van der Waals surface area contributed by atoms with Gasteiger partial charge in [-0.3, -0.25) is 0 Å². The number of fused-ring (bicyclic) bond motifs is 1. The van der Waals surface area contributed by atoms with Gasteiger partial charge in [-0.2, -0.15) is 5.26 Å². The van der Waals surface area contributed by atoms with Gasteiger partial charge in [0.2, 0.25) is 0 Å². The van der Waals surface area contributed by atoms with E-state index in [0.717, 1.165) is 45.5 Å². The number of rotatable bonds is 5. The number of nitrogens with zero attached hydrogens (tertiary/aromatic N) is 4. The molecule has 1 aliphatic heterocycles. The van der Waals surface area contributed by atoms with Gasteiger partial charge in [0.15, 0.2) is 11.6 Å². The number of anilines is 2. The lowest BCUT2D eigenvalue weighted by atomic mass is 10.1. The molecule has 162 valence electrons. The molecule has 0 aliphatic carbocycles. The summed E-state index contributed by atoms with van der Waals surface area (Å²) in [6.07, 6.45) is 1.17. The number of nitrogens with one attached hydrogen (secondary N) is 1. The third-order valence-electron chi connectivity index (χ3n) is 5.33. The Kier molecular flexibility index (Phi) is 7.55. The number of aliphatic hydroxyl groups is 1. The van der Waals surface area contributed by atoms with E-state index in [-0.39, 0.29) is 18.5 Å². The summed E-state index contributed by atoms with van der Waals surface area (Å²) < 4.78 is 6.17. The fourth-order valence-electron chi connectivity index (χ4n) is 3.66. The molecule has 1 saturated heterocycles. The Bertz CT molecular complexity index is 1110. The summed E-state index contributed by atoms with van der Waals surface area (Å²) in [5.41, 5.74) is 1.63. The van der Waals surface area contributed by atoms with E-state index in [1.54, 1.807) is 13.2 Å². The average Bonchev–Trinajstić information content (AvgIpc) is 2.77. The summed E-state index contributed by atoms with van der Waals surface area (Å²) in [6, 6.07) is 13.7. The summed E-state index contributed by atoms with van der Waals surface area (Å²) in [5, 5.41) is 33.3. The third-order valence-corrected chi connectivity index (χ3v) is 5.95. The normalized spacial score (nSPS) is 14.1. The van der Waals surface area contributed by atoms with Crippen molar-refractivity contribution in [3.63, 3.8) is 0 Å². The van der Waals surface area contributed by atoms with Crippen LogP contribution in [0.2, 0.25) is 0 Å². The van der Waals surface area contributed by atoms with E-state index in [9.17, 15) is 10.4 Å². The van der Waals surface area contributed by atoms with Crippen LogP contribution in [0.15, 0.2) is 40.9 Å². The largest absolute Gasteiger partial charge is 0.496 e. The first kappa shape index (κ1) is 23.1. The minimum atomic E-state index is -0.254. The zero-order valence-electron chi connectivity index (χ0n) is 17.0. The Morgan fingerprint density at radius 3 is 2.65 bits per heavy atom. The van der Waals surface area contributed by atoms with E-state index < -0.39 is 0 Å². The predicted octanol–water partition coefficient (Wildman–Crippen LogP) is 4.27. The SMILES string of the molecule is COc1ccc(CNc2nnc(N3CCC(O)CC3)c3ccc(C#N)cc23)cc1Br.Cl. The maximum absolute atomic E-state index is 9.81. The van der Waals surface area contributed by atoms with Crippen molar-refractivity contribution in [2.24, 2.45) is 0 Å². The molecule has 1 fully saturated rings. The van der Waals surface area contributed by atoms with Crippen molar-refractivity contribution in [1.29, 1.82) is 5.26 Å². The van der Waals surface area contributed by atoms with Crippen molar-refractivity contribution in [2.75, 3.05) is 30.4 Å². The lowest BCUT2D eigenvalue weighted by Crippen LogP contribution is -2.36. The minimum Gasteiger partial charge on any atom is -0.496 e. The van der Waals surface area contributed by atoms with E-state index in [2.05, 4.69) is 42.4 Å². The highest BCUT2D eigenvalue weighted by atomic mass is 79.9. The molecule has 0 bridgehead atoms. The molecule has 1 aromatic heterocycles. The topological polar surface area (TPSA) is 94.3 Å². The molecule has 31 heavy (non-hydrogen) atoms. The molecule has 0 atom stereocenters. The van der Waals surface area contributed by atoms with Crippen LogP contribution in [0, 0.1) is 11.3 Å². The minimum absolute atomic E-state index is 0. The summed E-state index contributed by atoms with van der Waals surface area (Å²) >= 11 is 3.51. The highest BCUT2D eigenvalue weighted by molar-refractivity contribution is 9.10. The van der Waals surface area contributed by atoms with Crippen molar-refractivity contribution < 1.29 is 9.84 Å². The number of halogens is 2. The van der Waals surface area contributed by atoms with E-state index in [0.29, 0.717) is 30.8 Å². The molecule has 0 amide bonds. The molecule has 0 radical (unpaired) electrons. The van der Waals surface area contributed by atoms with Crippen LogP contribution in [0.5, 0.6) is 5.75 Å². The number of hydrogen-bond acceptors (Lipinski definition) is 7. The average molecular weight is 505 g/mol. The molecule has 2 aromatic carbocycles. The standard InChI is InChI=1S/C22H22BrN5O2.ClH/c1-30-20-5-3-15(11-19(20)23)13-25-21-18-10-14(12-24)2-4-17(18)22(27-26-21)28-8-6-16(29)7-9-28;/h2-5,10-11,16,29H,6-9,13H2,1H3,(H,25,26);1H. The number of methoxy groups -OCH3 is 1. The van der Waals surface area contributed by atoms with Crippen molar-refractivity contribution in [3.8, 4) is 11.8 Å². The van der Waals surface area contributed by atoms with E-state index in [4.69, 9.17) is 4.74 Å². The van der Waals surface area contributed by atoms with Gasteiger partial charge in [-0.05, 0) is 64.7 Å². The Hall–Kier alpha value is -2.60. The van der Waals surface area contributed by atoms with Gasteiger partial charge in [0, 0.05) is 30.4 Å². The monoisotopic (exact) mass is 503 g/mol. The zero-order valence-corrected chi connectivity index (χ0v) is 19.4. The van der Waals surface area contributed by atoms with Gasteiger partial charge in [0.1, 0.15) is 5.75 Å². The highest BCUT2D eigenvalue weighted by Gasteiger charge is 2.21. The van der Waals surface area contributed by atoms with Gasteiger partial charge in [-0.15, -0.1) is 22.6 Å². The third kappa shape index (κ3) is 5.01. The van der Waals surface area contributed by atoms with Gasteiger partial charge in [-0.1, -0.05) is 6.07 Å². The Morgan fingerprint density at radius 2 is 1.97 bits per heavy atom. The highest BCUT2D eigenvalue weighted by Crippen LogP contribution is 2.32. The molecule has 2 heterocycles. The van der Waals surface area contributed by atoms with Gasteiger partial charge in [0.25, 0.3) is 0 Å². The smallest absolute Gasteiger partial charge is 0.159 e. The molecular weight excluding hydrogens is 482 g/mol. The van der Waals surface area contributed by atoms with Gasteiger partial charge >= 0.3 is 0 Å². The van der Waals surface area contributed by atoms with Gasteiger partial charge < -0.3 is 20.1 Å². The maximum atomic E-state index is 9.81. The van der Waals surface area contributed by atoms with Crippen molar-refractivity contribution in [1.82, 2.24) is 10.2 Å². The van der Waals surface area contributed by atoms with E-state index in [1.165, 1.54) is 0 Å². The molecule has 3 aromatic rings. The lowest BCUT2D eigenvalue weighted by molar-refractivity contribution is 0.145. The van der Waals surface area contributed by atoms with Crippen LogP contribution in [0.1, 0.15) is 24.0 Å². The maximum Gasteiger partial charge on any atom is 0.159 e. The molecular formula is C22H23BrClN5O2. The van der Waals surface area contributed by atoms with Crippen molar-refractivity contribution >= 4 is 50.7 Å². The van der Waals surface area contributed by atoms with Crippen LogP contribution in [0.25, 0.3) is 10.8 Å². The van der Waals surface area contributed by atoms with E-state index in [1.807, 2.05) is 30.3 Å². The molecule has 4 rings (SSSR count). The second kappa shape index (κ2) is 10.1. The number of aromatic nitrogens is 2. The number of benzene rings is 2. The van der Waals surface area contributed by atoms with Crippen LogP contribution in [0.4, 0.5) is 11.6 Å². The first-order valence-electron chi connectivity index (χ1n) is 9.79. The summed E-state index contributed by atoms with van der Waals surface area (Å²) in [7, 11) is 1.64. The Balaban J connectivity index is 0.00000272. The number of hydrogen-bond donors (Lipinski definition) is 2. The molecule has 0 unspecified atom stereocenters. The quantitative estimate of drug-likeness (QED) is 0.536. The van der Waals surface area contributed by atoms with Crippen LogP contribution in [0.3, 0.4) is 0 Å². The number of aliphatic hydroxyl groups excluding tert-OH is 1. The fraction of sp³-hybridized carbons (Fsp3) is 0.318. The molecule has 1 aliphatic rings. The number of nitriles is 1. The summed E-state index contributed by atoms with van der Waals surface area (Å²) in [4.78, 5) is 2.15. The first-order chi connectivity index (χ1) is 14.6. The van der Waals surface area contributed by atoms with Crippen LogP contribution in [-0.4, -0.2) is 41.6 Å². The van der Waals surface area contributed by atoms with Crippen LogP contribution >= 0.6 is 28.3 Å². The Labute approximate surface area is 195 Å².